The Morgan fingerprint density at radius 1 is 1.28 bits per heavy atom. The number of carbonyl (C=O) groups is 1. The second-order valence-electron chi connectivity index (χ2n) is 3.42. The van der Waals surface area contributed by atoms with E-state index in [1.54, 1.807) is 24.4 Å². The number of rotatable bonds is 3. The van der Waals surface area contributed by atoms with E-state index in [0.29, 0.717) is 15.6 Å². The fourth-order valence-corrected chi connectivity index (χ4v) is 2.57. The SMILES string of the molecule is COC(=O)c1c[nH]c(Sc2ccc(Cl)c(Cl)c2)c1. The quantitative estimate of drug-likeness (QED) is 0.861. The number of aromatic amines is 1. The van der Waals surface area contributed by atoms with Gasteiger partial charge in [-0.3, -0.25) is 0 Å². The van der Waals surface area contributed by atoms with Crippen LogP contribution >= 0.6 is 35.0 Å². The van der Waals surface area contributed by atoms with Gasteiger partial charge in [0.25, 0.3) is 0 Å². The number of carbonyl (C=O) groups excluding carboxylic acids is 1. The molecular formula is C12H9Cl2NO2S. The Morgan fingerprint density at radius 2 is 2.06 bits per heavy atom. The van der Waals surface area contributed by atoms with E-state index in [4.69, 9.17) is 23.2 Å². The molecule has 2 aromatic rings. The first-order valence-electron chi connectivity index (χ1n) is 5.00. The summed E-state index contributed by atoms with van der Waals surface area (Å²) in [5, 5.41) is 1.85. The van der Waals surface area contributed by atoms with Crippen molar-refractivity contribution in [2.24, 2.45) is 0 Å². The van der Waals surface area contributed by atoms with E-state index >= 15 is 0 Å². The van der Waals surface area contributed by atoms with E-state index in [2.05, 4.69) is 9.72 Å². The molecule has 94 valence electrons. The summed E-state index contributed by atoms with van der Waals surface area (Å²) in [6, 6.07) is 7.08. The Morgan fingerprint density at radius 3 is 2.72 bits per heavy atom. The maximum atomic E-state index is 11.3. The minimum Gasteiger partial charge on any atom is -0.465 e. The summed E-state index contributed by atoms with van der Waals surface area (Å²) < 4.78 is 4.63. The van der Waals surface area contributed by atoms with E-state index in [1.807, 2.05) is 6.07 Å². The second-order valence-corrected chi connectivity index (χ2v) is 5.35. The van der Waals surface area contributed by atoms with Gasteiger partial charge in [0.1, 0.15) is 0 Å². The van der Waals surface area contributed by atoms with Gasteiger partial charge in [0, 0.05) is 11.1 Å². The van der Waals surface area contributed by atoms with Crippen LogP contribution in [0.15, 0.2) is 40.4 Å². The second kappa shape index (κ2) is 5.69. The minimum atomic E-state index is -0.368. The van der Waals surface area contributed by atoms with Gasteiger partial charge in [-0.2, -0.15) is 0 Å². The number of halogens is 2. The zero-order valence-electron chi connectivity index (χ0n) is 9.37. The van der Waals surface area contributed by atoms with Crippen LogP contribution in [0.1, 0.15) is 10.4 Å². The molecule has 0 saturated heterocycles. The Balaban J connectivity index is 2.16. The number of H-pyrrole nitrogens is 1. The lowest BCUT2D eigenvalue weighted by Gasteiger charge is -2.00. The highest BCUT2D eigenvalue weighted by atomic mass is 35.5. The number of hydrogen-bond acceptors (Lipinski definition) is 3. The van der Waals surface area contributed by atoms with E-state index in [9.17, 15) is 4.79 Å². The predicted octanol–water partition coefficient (Wildman–Crippen LogP) is 4.26. The van der Waals surface area contributed by atoms with Gasteiger partial charge in [-0.1, -0.05) is 35.0 Å². The molecule has 0 aliphatic heterocycles. The molecule has 0 amide bonds. The molecule has 0 unspecified atom stereocenters. The molecule has 1 heterocycles. The summed E-state index contributed by atoms with van der Waals surface area (Å²) in [6.07, 6.45) is 1.60. The van der Waals surface area contributed by atoms with Crippen LogP contribution in [0.5, 0.6) is 0 Å². The first kappa shape index (κ1) is 13.3. The zero-order chi connectivity index (χ0) is 13.1. The fraction of sp³-hybridized carbons (Fsp3) is 0.0833. The molecule has 6 heteroatoms. The number of benzene rings is 1. The van der Waals surface area contributed by atoms with E-state index in [-0.39, 0.29) is 5.97 Å². The molecule has 0 saturated carbocycles. The third-order valence-electron chi connectivity index (χ3n) is 2.20. The Labute approximate surface area is 118 Å². The maximum absolute atomic E-state index is 11.3. The van der Waals surface area contributed by atoms with Crippen molar-refractivity contribution in [3.63, 3.8) is 0 Å². The van der Waals surface area contributed by atoms with E-state index in [1.165, 1.54) is 18.9 Å². The normalized spacial score (nSPS) is 10.4. The average Bonchev–Trinajstić information content (AvgIpc) is 2.81. The van der Waals surface area contributed by atoms with E-state index < -0.39 is 0 Å². The number of methoxy groups -OCH3 is 1. The molecule has 1 aromatic carbocycles. The number of nitrogens with one attached hydrogen (secondary N) is 1. The van der Waals surface area contributed by atoms with Crippen molar-refractivity contribution in [3.05, 3.63) is 46.1 Å². The van der Waals surface area contributed by atoms with Crippen LogP contribution in [-0.4, -0.2) is 18.1 Å². The van der Waals surface area contributed by atoms with Crippen LogP contribution in [0, 0.1) is 0 Å². The summed E-state index contributed by atoms with van der Waals surface area (Å²) in [6.45, 7) is 0. The first-order valence-corrected chi connectivity index (χ1v) is 6.57. The van der Waals surface area contributed by atoms with Crippen molar-refractivity contribution < 1.29 is 9.53 Å². The van der Waals surface area contributed by atoms with Crippen LogP contribution in [0.25, 0.3) is 0 Å². The minimum absolute atomic E-state index is 0.368. The number of hydrogen-bond donors (Lipinski definition) is 1. The van der Waals surface area contributed by atoms with Crippen molar-refractivity contribution in [2.75, 3.05) is 7.11 Å². The summed E-state index contributed by atoms with van der Waals surface area (Å²) in [5.41, 5.74) is 0.486. The maximum Gasteiger partial charge on any atom is 0.339 e. The standard InChI is InChI=1S/C12H9Cl2NO2S/c1-17-12(16)7-4-11(15-6-7)18-8-2-3-9(13)10(14)5-8/h2-6,15H,1H3. The van der Waals surface area contributed by atoms with Crippen LogP contribution in [0.3, 0.4) is 0 Å². The lowest BCUT2D eigenvalue weighted by molar-refractivity contribution is 0.0601. The molecule has 0 atom stereocenters. The highest BCUT2D eigenvalue weighted by Crippen LogP contribution is 2.32. The summed E-state index contributed by atoms with van der Waals surface area (Å²) >= 11 is 13.2. The molecule has 0 bridgehead atoms. The van der Waals surface area contributed by atoms with Gasteiger partial charge in [-0.25, -0.2) is 4.79 Å². The third-order valence-corrected chi connectivity index (χ3v) is 3.88. The van der Waals surface area contributed by atoms with Crippen molar-refractivity contribution >= 4 is 40.9 Å². The molecule has 0 aliphatic rings. The average molecular weight is 302 g/mol. The molecule has 0 aliphatic carbocycles. The molecule has 18 heavy (non-hydrogen) atoms. The molecule has 0 fully saturated rings. The third kappa shape index (κ3) is 3.02. The van der Waals surface area contributed by atoms with Gasteiger partial charge in [0.2, 0.25) is 0 Å². The smallest absolute Gasteiger partial charge is 0.339 e. The van der Waals surface area contributed by atoms with Crippen LogP contribution in [0.2, 0.25) is 10.0 Å². The van der Waals surface area contributed by atoms with Gasteiger partial charge in [-0.15, -0.1) is 0 Å². The van der Waals surface area contributed by atoms with E-state index in [0.717, 1.165) is 9.92 Å². The number of aromatic nitrogens is 1. The Hall–Kier alpha value is -1.10. The van der Waals surface area contributed by atoms with Crippen molar-refractivity contribution in [2.45, 2.75) is 9.92 Å². The molecule has 3 nitrogen and oxygen atoms in total. The summed E-state index contributed by atoms with van der Waals surface area (Å²) in [5.74, 6) is -0.368. The van der Waals surface area contributed by atoms with Crippen LogP contribution < -0.4 is 0 Å². The predicted molar refractivity (Wildman–Crippen MR) is 72.7 cm³/mol. The van der Waals surface area contributed by atoms with Gasteiger partial charge in [-0.05, 0) is 24.3 Å². The molecule has 0 radical (unpaired) electrons. The molecule has 2 rings (SSSR count). The Bertz CT molecular complexity index is 583. The van der Waals surface area contributed by atoms with Crippen molar-refractivity contribution in [1.82, 2.24) is 4.98 Å². The molecule has 0 spiro atoms. The summed E-state index contributed by atoms with van der Waals surface area (Å²) in [7, 11) is 1.35. The van der Waals surface area contributed by atoms with Gasteiger partial charge < -0.3 is 9.72 Å². The summed E-state index contributed by atoms with van der Waals surface area (Å²) in [4.78, 5) is 15.2. The van der Waals surface area contributed by atoms with Crippen LogP contribution in [-0.2, 0) is 4.74 Å². The van der Waals surface area contributed by atoms with Gasteiger partial charge in [0.15, 0.2) is 0 Å². The van der Waals surface area contributed by atoms with Crippen LogP contribution in [0.4, 0.5) is 0 Å². The lowest BCUT2D eigenvalue weighted by Crippen LogP contribution is -1.98. The molecule has 1 N–H and O–H groups in total. The number of esters is 1. The lowest BCUT2D eigenvalue weighted by atomic mass is 10.3. The number of ether oxygens (including phenoxy) is 1. The highest BCUT2D eigenvalue weighted by Gasteiger charge is 2.09. The van der Waals surface area contributed by atoms with Gasteiger partial charge >= 0.3 is 5.97 Å². The first-order chi connectivity index (χ1) is 8.60. The van der Waals surface area contributed by atoms with Crippen molar-refractivity contribution in [1.29, 1.82) is 0 Å². The fourth-order valence-electron chi connectivity index (χ4n) is 1.34. The Kier molecular flexibility index (Phi) is 4.22. The van der Waals surface area contributed by atoms with Gasteiger partial charge in [0.05, 0.1) is 27.7 Å². The zero-order valence-corrected chi connectivity index (χ0v) is 11.7. The molecule has 1 aromatic heterocycles. The highest BCUT2D eigenvalue weighted by molar-refractivity contribution is 7.99. The monoisotopic (exact) mass is 301 g/mol. The molecular weight excluding hydrogens is 293 g/mol. The largest absolute Gasteiger partial charge is 0.465 e. The topological polar surface area (TPSA) is 42.1 Å². The van der Waals surface area contributed by atoms with Crippen molar-refractivity contribution in [3.8, 4) is 0 Å².